The van der Waals surface area contributed by atoms with Crippen LogP contribution in [0, 0.1) is 5.41 Å². The molecule has 0 aromatic rings. The second kappa shape index (κ2) is 3.38. The van der Waals surface area contributed by atoms with Crippen LogP contribution in [0.1, 0.15) is 34.6 Å². The highest BCUT2D eigenvalue weighted by molar-refractivity contribution is 5.48. The van der Waals surface area contributed by atoms with Crippen LogP contribution in [0.5, 0.6) is 0 Å². The summed E-state index contributed by atoms with van der Waals surface area (Å²) in [5.41, 5.74) is 0.211. The zero-order chi connectivity index (χ0) is 9.99. The van der Waals surface area contributed by atoms with Gasteiger partial charge in [0.2, 0.25) is 0 Å². The molecule has 0 aliphatic heterocycles. The van der Waals surface area contributed by atoms with E-state index in [0.717, 1.165) is 0 Å². The molecule has 0 aromatic heterocycles. The largest absolute Gasteiger partial charge is 0.279 e. The van der Waals surface area contributed by atoms with Gasteiger partial charge in [0.25, 0.3) is 6.34 Å². The predicted molar refractivity (Wildman–Crippen MR) is 55.3 cm³/mol. The Morgan fingerprint density at radius 2 is 1.58 bits per heavy atom. The maximum Gasteiger partial charge on any atom is 0.279 e. The van der Waals surface area contributed by atoms with Crippen LogP contribution in [-0.4, -0.2) is 30.2 Å². The van der Waals surface area contributed by atoms with Crippen LogP contribution in [0.15, 0.2) is 4.99 Å². The molecule has 0 bridgehead atoms. The number of aliphatic imine (C=N–C) groups is 1. The van der Waals surface area contributed by atoms with Crippen molar-refractivity contribution in [2.24, 2.45) is 10.4 Å². The summed E-state index contributed by atoms with van der Waals surface area (Å²) in [5, 5.41) is 0. The van der Waals surface area contributed by atoms with Crippen molar-refractivity contribution in [2.75, 3.05) is 7.05 Å². The third-order valence-corrected chi connectivity index (χ3v) is 2.81. The van der Waals surface area contributed by atoms with E-state index in [1.54, 1.807) is 13.4 Å². The molecule has 0 rings (SSSR count). The van der Waals surface area contributed by atoms with Gasteiger partial charge in [0, 0.05) is 5.41 Å². The van der Waals surface area contributed by atoms with Crippen molar-refractivity contribution in [3.63, 3.8) is 0 Å². The summed E-state index contributed by atoms with van der Waals surface area (Å²) in [5.74, 6) is 0. The summed E-state index contributed by atoms with van der Waals surface area (Å²) in [6, 6.07) is 0. The number of hydrogen-bond donors (Lipinski definition) is 0. The third-order valence-electron chi connectivity index (χ3n) is 2.81. The topological polar surface area (TPSA) is 15.4 Å². The lowest BCUT2D eigenvalue weighted by Crippen LogP contribution is -2.46. The van der Waals surface area contributed by atoms with Gasteiger partial charge < -0.3 is 0 Å². The fraction of sp³-hybridized carbons (Fsp3) is 0.800. The Bertz CT molecular complexity index is 194. The van der Waals surface area contributed by atoms with Crippen LogP contribution >= 0.6 is 0 Å². The average Bonchev–Trinajstić information content (AvgIpc) is 1.85. The van der Waals surface area contributed by atoms with Crippen molar-refractivity contribution in [2.45, 2.75) is 40.2 Å². The lowest BCUT2D eigenvalue weighted by molar-refractivity contribution is -0.504. The molecule has 0 unspecified atom stereocenters. The van der Waals surface area contributed by atoms with Crippen LogP contribution < -0.4 is 0 Å². The molecule has 12 heavy (non-hydrogen) atoms. The van der Waals surface area contributed by atoms with Gasteiger partial charge in [0.1, 0.15) is 12.6 Å². The monoisotopic (exact) mass is 169 g/mol. The van der Waals surface area contributed by atoms with Gasteiger partial charge in [-0.25, -0.2) is 4.58 Å². The average molecular weight is 169 g/mol. The minimum absolute atomic E-state index is 0.0203. The van der Waals surface area contributed by atoms with Crippen LogP contribution in [-0.2, 0) is 0 Å². The van der Waals surface area contributed by atoms with Crippen molar-refractivity contribution in [3.05, 3.63) is 0 Å². The molecule has 0 N–H and O–H groups in total. The van der Waals surface area contributed by atoms with Gasteiger partial charge in [-0.05, 0) is 13.8 Å². The van der Waals surface area contributed by atoms with E-state index in [2.05, 4.69) is 46.3 Å². The molecular formula is C10H21N2+. The van der Waals surface area contributed by atoms with Crippen molar-refractivity contribution in [1.29, 1.82) is 0 Å². The van der Waals surface area contributed by atoms with E-state index in [-0.39, 0.29) is 11.0 Å². The van der Waals surface area contributed by atoms with E-state index < -0.39 is 0 Å². The lowest BCUT2D eigenvalue weighted by Gasteiger charge is -2.36. The molecule has 70 valence electrons. The first-order chi connectivity index (χ1) is 5.23. The van der Waals surface area contributed by atoms with Gasteiger partial charge in [-0.3, -0.25) is 0 Å². The zero-order valence-corrected chi connectivity index (χ0v) is 9.18. The molecule has 2 nitrogen and oxygen atoms in total. The molecular weight excluding hydrogens is 148 g/mol. The summed E-state index contributed by atoms with van der Waals surface area (Å²) in [6.07, 6.45) is 1.77. The van der Waals surface area contributed by atoms with E-state index in [9.17, 15) is 0 Å². The van der Waals surface area contributed by atoms with Crippen molar-refractivity contribution in [3.8, 4) is 0 Å². The number of rotatable bonds is 2. The normalized spacial score (nSPS) is 13.8. The highest BCUT2D eigenvalue weighted by atomic mass is 15.1. The molecule has 0 saturated heterocycles. The smallest absolute Gasteiger partial charge is 0.239 e. The van der Waals surface area contributed by atoms with E-state index >= 15 is 0 Å². The van der Waals surface area contributed by atoms with Gasteiger partial charge in [0.15, 0.2) is 0 Å². The summed E-state index contributed by atoms with van der Waals surface area (Å²) in [6.45, 7) is 14.9. The molecule has 2 heteroatoms. The van der Waals surface area contributed by atoms with Gasteiger partial charge in [-0.15, -0.1) is 0 Å². The van der Waals surface area contributed by atoms with Crippen molar-refractivity contribution >= 4 is 13.1 Å². The summed E-state index contributed by atoms with van der Waals surface area (Å²) in [4.78, 5) is 3.95. The second-order valence-electron chi connectivity index (χ2n) is 4.65. The molecule has 0 amide bonds. The SMILES string of the molecule is C=[N+](/C=N\C)C(C)(C)C(C)(C)C. The molecule has 0 aliphatic rings. The maximum absolute atomic E-state index is 3.95. The van der Waals surface area contributed by atoms with Gasteiger partial charge in [-0.1, -0.05) is 25.8 Å². The Kier molecular flexibility index (Phi) is 3.19. The summed E-state index contributed by atoms with van der Waals surface area (Å²) >= 11 is 0. The summed E-state index contributed by atoms with van der Waals surface area (Å²) < 4.78 is 1.91. The van der Waals surface area contributed by atoms with Gasteiger partial charge >= 0.3 is 0 Å². The van der Waals surface area contributed by atoms with E-state index in [0.29, 0.717) is 0 Å². The quantitative estimate of drug-likeness (QED) is 0.342. The van der Waals surface area contributed by atoms with Crippen LogP contribution in [0.2, 0.25) is 0 Å². The highest BCUT2D eigenvalue weighted by Crippen LogP contribution is 2.31. The van der Waals surface area contributed by atoms with Crippen LogP contribution in [0.3, 0.4) is 0 Å². The third kappa shape index (κ3) is 2.16. The fourth-order valence-corrected chi connectivity index (χ4v) is 0.715. The maximum atomic E-state index is 3.95. The molecule has 0 aliphatic carbocycles. The second-order valence-corrected chi connectivity index (χ2v) is 4.65. The van der Waals surface area contributed by atoms with Crippen molar-refractivity contribution < 1.29 is 4.58 Å². The highest BCUT2D eigenvalue weighted by Gasteiger charge is 2.38. The first kappa shape index (κ1) is 11.3. The molecule has 0 heterocycles. The molecule has 0 radical (unpaired) electrons. The zero-order valence-electron chi connectivity index (χ0n) is 9.18. The Balaban J connectivity index is 4.74. The van der Waals surface area contributed by atoms with E-state index in [4.69, 9.17) is 0 Å². The Morgan fingerprint density at radius 1 is 1.17 bits per heavy atom. The molecule has 0 saturated carbocycles. The Morgan fingerprint density at radius 3 is 1.83 bits per heavy atom. The standard InChI is InChI=1S/C10H21N2/c1-9(2,3)10(4,5)12(7)8-11-6/h8H,7H2,1-6H3/q+1/b11-8-. The molecule has 0 aromatic carbocycles. The fourth-order valence-electron chi connectivity index (χ4n) is 0.715. The van der Waals surface area contributed by atoms with E-state index in [1.165, 1.54) is 0 Å². The number of hydrogen-bond acceptors (Lipinski definition) is 1. The van der Waals surface area contributed by atoms with Crippen molar-refractivity contribution in [1.82, 2.24) is 0 Å². The summed E-state index contributed by atoms with van der Waals surface area (Å²) in [7, 11) is 1.76. The van der Waals surface area contributed by atoms with Gasteiger partial charge in [0.05, 0.1) is 6.72 Å². The molecule has 0 fully saturated rings. The number of nitrogens with zero attached hydrogens (tertiary/aromatic N) is 2. The van der Waals surface area contributed by atoms with E-state index in [1.807, 2.05) is 4.58 Å². The van der Waals surface area contributed by atoms with Crippen LogP contribution in [0.25, 0.3) is 0 Å². The molecule has 0 spiro atoms. The first-order valence-corrected chi connectivity index (χ1v) is 4.25. The predicted octanol–water partition coefficient (Wildman–Crippen LogP) is 2.18. The Hall–Kier alpha value is -0.660. The lowest BCUT2D eigenvalue weighted by atomic mass is 9.76. The minimum atomic E-state index is 0.0203. The molecule has 0 atom stereocenters. The minimum Gasteiger partial charge on any atom is -0.239 e. The van der Waals surface area contributed by atoms with Gasteiger partial charge in [-0.2, -0.15) is 0 Å². The Labute approximate surface area is 76.0 Å². The van der Waals surface area contributed by atoms with Crippen LogP contribution in [0.4, 0.5) is 0 Å². The first-order valence-electron chi connectivity index (χ1n) is 4.25.